The van der Waals surface area contributed by atoms with Crippen molar-refractivity contribution in [3.63, 3.8) is 0 Å². The molecule has 0 unspecified atom stereocenters. The summed E-state index contributed by atoms with van der Waals surface area (Å²) >= 11 is 0. The van der Waals surface area contributed by atoms with E-state index in [-0.39, 0.29) is 17.9 Å². The molecule has 168 valence electrons. The Kier molecular flexibility index (Phi) is 6.13. The predicted molar refractivity (Wildman–Crippen MR) is 121 cm³/mol. The zero-order valence-corrected chi connectivity index (χ0v) is 18.8. The molecule has 2 fully saturated rings. The third kappa shape index (κ3) is 5.52. The molecule has 0 bridgehead atoms. The predicted octanol–water partition coefficient (Wildman–Crippen LogP) is 3.02. The molecule has 1 aliphatic heterocycles. The molecule has 2 aromatic rings. The van der Waals surface area contributed by atoms with Gasteiger partial charge in [-0.2, -0.15) is 10.1 Å². The fourth-order valence-electron chi connectivity index (χ4n) is 4.12. The summed E-state index contributed by atoms with van der Waals surface area (Å²) in [6.45, 7) is 9.46. The van der Waals surface area contributed by atoms with Crippen LogP contribution < -0.4 is 16.4 Å². The van der Waals surface area contributed by atoms with Crippen molar-refractivity contribution in [2.24, 2.45) is 5.73 Å². The first-order chi connectivity index (χ1) is 14.8. The van der Waals surface area contributed by atoms with E-state index in [9.17, 15) is 4.79 Å². The monoisotopic (exact) mass is 426 g/mol. The highest BCUT2D eigenvalue weighted by atomic mass is 16.1. The molecule has 0 radical (unpaired) electrons. The van der Waals surface area contributed by atoms with Crippen molar-refractivity contribution < 1.29 is 4.79 Å². The molecule has 3 heterocycles. The van der Waals surface area contributed by atoms with Crippen molar-refractivity contribution in [1.29, 1.82) is 0 Å². The second-order valence-corrected chi connectivity index (χ2v) is 9.64. The number of amides is 1. The zero-order valence-electron chi connectivity index (χ0n) is 18.8. The normalized spacial score (nSPS) is 18.2. The Hall–Kier alpha value is -2.68. The SMILES string of the molecule is CC(C)(C)N1CCC(n2cc(Nc3ncc(C4CC4)c(NCCC(N)=O)n3)cn2)CC1. The molecule has 9 nitrogen and oxygen atoms in total. The van der Waals surface area contributed by atoms with Crippen LogP contribution in [-0.4, -0.2) is 55.7 Å². The standard InChI is InChI=1S/C22H34N8O/c1-22(2,3)29-10-7-17(8-11-29)30-14-16(12-26-30)27-21-25-13-18(15-4-5-15)20(28-21)24-9-6-19(23)31/h12-15,17H,4-11H2,1-3H3,(H2,23,31)(H2,24,25,27,28). The molecule has 2 aromatic heterocycles. The number of hydrogen-bond donors (Lipinski definition) is 3. The van der Waals surface area contributed by atoms with Gasteiger partial charge in [0.15, 0.2) is 0 Å². The average Bonchev–Trinajstić information content (AvgIpc) is 3.46. The maximum Gasteiger partial charge on any atom is 0.229 e. The number of likely N-dealkylation sites (tertiary alicyclic amines) is 1. The molecule has 2 aliphatic rings. The smallest absolute Gasteiger partial charge is 0.229 e. The van der Waals surface area contributed by atoms with Crippen molar-refractivity contribution in [2.45, 2.75) is 70.4 Å². The summed E-state index contributed by atoms with van der Waals surface area (Å²) in [5.74, 6) is 1.48. The van der Waals surface area contributed by atoms with E-state index in [0.717, 1.165) is 55.8 Å². The number of nitrogens with one attached hydrogen (secondary N) is 2. The third-order valence-electron chi connectivity index (χ3n) is 6.14. The van der Waals surface area contributed by atoms with Crippen LogP contribution in [0.4, 0.5) is 17.5 Å². The lowest BCUT2D eigenvalue weighted by molar-refractivity contribution is -0.117. The van der Waals surface area contributed by atoms with E-state index in [0.29, 0.717) is 24.5 Å². The molecule has 4 rings (SSSR count). The van der Waals surface area contributed by atoms with Crippen LogP contribution >= 0.6 is 0 Å². The number of nitrogens with zero attached hydrogens (tertiary/aromatic N) is 5. The molecular weight excluding hydrogens is 392 g/mol. The van der Waals surface area contributed by atoms with Gasteiger partial charge in [-0.05, 0) is 52.4 Å². The van der Waals surface area contributed by atoms with Gasteiger partial charge in [-0.1, -0.05) is 0 Å². The summed E-state index contributed by atoms with van der Waals surface area (Å²) in [4.78, 5) is 22.7. The Balaban J connectivity index is 1.39. The van der Waals surface area contributed by atoms with Gasteiger partial charge in [0.1, 0.15) is 5.82 Å². The number of anilines is 3. The Morgan fingerprint density at radius 3 is 2.58 bits per heavy atom. The van der Waals surface area contributed by atoms with E-state index in [4.69, 9.17) is 5.73 Å². The Bertz CT molecular complexity index is 906. The Morgan fingerprint density at radius 1 is 1.19 bits per heavy atom. The minimum absolute atomic E-state index is 0.217. The first-order valence-corrected chi connectivity index (χ1v) is 11.2. The van der Waals surface area contributed by atoms with Gasteiger partial charge in [0.2, 0.25) is 11.9 Å². The molecular formula is C22H34N8O. The highest BCUT2D eigenvalue weighted by Gasteiger charge is 2.29. The number of piperidine rings is 1. The number of primary amides is 1. The van der Waals surface area contributed by atoms with E-state index in [1.54, 1.807) is 0 Å². The topological polar surface area (TPSA) is 114 Å². The average molecular weight is 427 g/mol. The third-order valence-corrected chi connectivity index (χ3v) is 6.14. The van der Waals surface area contributed by atoms with Crippen LogP contribution in [0, 0.1) is 0 Å². The molecule has 1 saturated heterocycles. The van der Waals surface area contributed by atoms with E-state index < -0.39 is 0 Å². The van der Waals surface area contributed by atoms with Crippen molar-refractivity contribution in [3.8, 4) is 0 Å². The van der Waals surface area contributed by atoms with Crippen LogP contribution in [0.5, 0.6) is 0 Å². The second-order valence-electron chi connectivity index (χ2n) is 9.64. The Labute approximate surface area is 183 Å². The fourth-order valence-corrected chi connectivity index (χ4v) is 4.12. The van der Waals surface area contributed by atoms with Gasteiger partial charge in [0.25, 0.3) is 0 Å². The number of nitrogens with two attached hydrogens (primary N) is 1. The largest absolute Gasteiger partial charge is 0.370 e. The quantitative estimate of drug-likeness (QED) is 0.594. The molecule has 0 atom stereocenters. The number of hydrogen-bond acceptors (Lipinski definition) is 7. The second kappa shape index (κ2) is 8.82. The number of aromatic nitrogens is 4. The maximum atomic E-state index is 11.1. The zero-order chi connectivity index (χ0) is 22.0. The van der Waals surface area contributed by atoms with Crippen LogP contribution in [0.3, 0.4) is 0 Å². The van der Waals surface area contributed by atoms with Crippen LogP contribution in [0.25, 0.3) is 0 Å². The highest BCUT2D eigenvalue weighted by molar-refractivity contribution is 5.74. The first-order valence-electron chi connectivity index (χ1n) is 11.2. The minimum Gasteiger partial charge on any atom is -0.370 e. The molecule has 4 N–H and O–H groups in total. The minimum atomic E-state index is -0.325. The van der Waals surface area contributed by atoms with Gasteiger partial charge >= 0.3 is 0 Å². The van der Waals surface area contributed by atoms with Gasteiger partial charge < -0.3 is 16.4 Å². The molecule has 9 heteroatoms. The summed E-state index contributed by atoms with van der Waals surface area (Å²) in [6.07, 6.45) is 10.5. The summed E-state index contributed by atoms with van der Waals surface area (Å²) < 4.78 is 2.06. The van der Waals surface area contributed by atoms with Crippen LogP contribution in [0.1, 0.15) is 70.4 Å². The summed E-state index contributed by atoms with van der Waals surface area (Å²) in [5.41, 5.74) is 7.46. The molecule has 1 aliphatic carbocycles. The summed E-state index contributed by atoms with van der Waals surface area (Å²) in [6, 6.07) is 0.415. The Morgan fingerprint density at radius 2 is 1.94 bits per heavy atom. The molecule has 1 saturated carbocycles. The lowest BCUT2D eigenvalue weighted by Gasteiger charge is -2.40. The van der Waals surface area contributed by atoms with Crippen LogP contribution in [0.2, 0.25) is 0 Å². The van der Waals surface area contributed by atoms with Crippen molar-refractivity contribution >= 4 is 23.4 Å². The fraction of sp³-hybridized carbons (Fsp3) is 0.636. The first kappa shape index (κ1) is 21.5. The maximum absolute atomic E-state index is 11.1. The highest BCUT2D eigenvalue weighted by Crippen LogP contribution is 2.42. The summed E-state index contributed by atoms with van der Waals surface area (Å²) in [5, 5.41) is 11.1. The van der Waals surface area contributed by atoms with E-state index in [1.165, 1.54) is 0 Å². The number of rotatable bonds is 8. The van der Waals surface area contributed by atoms with E-state index in [2.05, 4.69) is 56.1 Å². The van der Waals surface area contributed by atoms with Crippen molar-refractivity contribution in [1.82, 2.24) is 24.6 Å². The van der Waals surface area contributed by atoms with Crippen molar-refractivity contribution in [2.75, 3.05) is 30.3 Å². The van der Waals surface area contributed by atoms with E-state index in [1.807, 2.05) is 18.6 Å². The van der Waals surface area contributed by atoms with Gasteiger partial charge in [0.05, 0.1) is 17.9 Å². The van der Waals surface area contributed by atoms with Gasteiger partial charge in [-0.25, -0.2) is 4.98 Å². The van der Waals surface area contributed by atoms with Gasteiger partial charge in [-0.15, -0.1) is 0 Å². The molecule has 31 heavy (non-hydrogen) atoms. The van der Waals surface area contributed by atoms with Crippen molar-refractivity contribution in [3.05, 3.63) is 24.2 Å². The van der Waals surface area contributed by atoms with Gasteiger partial charge in [-0.3, -0.25) is 14.4 Å². The van der Waals surface area contributed by atoms with Crippen LogP contribution in [-0.2, 0) is 4.79 Å². The lowest BCUT2D eigenvalue weighted by Crippen LogP contribution is -2.46. The molecule has 0 aromatic carbocycles. The molecule has 1 amide bonds. The number of carbonyl (C=O) groups is 1. The molecule has 0 spiro atoms. The summed E-state index contributed by atoms with van der Waals surface area (Å²) in [7, 11) is 0. The lowest BCUT2D eigenvalue weighted by atomic mass is 9.98. The number of carbonyl (C=O) groups excluding carboxylic acids is 1. The van der Waals surface area contributed by atoms with E-state index >= 15 is 0 Å². The van der Waals surface area contributed by atoms with Crippen LogP contribution in [0.15, 0.2) is 18.6 Å². The van der Waals surface area contributed by atoms with Gasteiger partial charge in [0, 0.05) is 49.6 Å².